The molecule has 1 saturated heterocycles. The zero-order valence-corrected chi connectivity index (χ0v) is 13.7. The smallest absolute Gasteiger partial charge is 0.311 e. The van der Waals surface area contributed by atoms with Gasteiger partial charge in [-0.3, -0.25) is 9.59 Å². The van der Waals surface area contributed by atoms with Gasteiger partial charge in [-0.05, 0) is 31.0 Å². The number of amides is 1. The first-order valence-electron chi connectivity index (χ1n) is 8.23. The van der Waals surface area contributed by atoms with Gasteiger partial charge in [0.15, 0.2) is 0 Å². The number of rotatable bonds is 5. The predicted molar refractivity (Wildman–Crippen MR) is 91.8 cm³/mol. The van der Waals surface area contributed by atoms with Gasteiger partial charge in [-0.1, -0.05) is 48.0 Å². The minimum atomic E-state index is -0.273. The summed E-state index contributed by atoms with van der Waals surface area (Å²) in [5, 5.41) is 2.99. The van der Waals surface area contributed by atoms with Crippen molar-refractivity contribution < 1.29 is 14.3 Å². The zero-order chi connectivity index (χ0) is 16.9. The average Bonchev–Trinajstić information content (AvgIpc) is 2.95. The molecular formula is C20H21NO3. The topological polar surface area (TPSA) is 55.4 Å². The Morgan fingerprint density at radius 3 is 2.54 bits per heavy atom. The second kappa shape index (κ2) is 7.30. The van der Waals surface area contributed by atoms with Gasteiger partial charge in [0.1, 0.15) is 5.75 Å². The summed E-state index contributed by atoms with van der Waals surface area (Å²) in [5.74, 6) is 0.433. The van der Waals surface area contributed by atoms with Gasteiger partial charge in [-0.15, -0.1) is 0 Å². The van der Waals surface area contributed by atoms with Crippen molar-refractivity contribution in [1.29, 1.82) is 0 Å². The molecule has 2 unspecified atom stereocenters. The van der Waals surface area contributed by atoms with E-state index < -0.39 is 0 Å². The van der Waals surface area contributed by atoms with E-state index in [4.69, 9.17) is 4.74 Å². The summed E-state index contributed by atoms with van der Waals surface area (Å²) >= 11 is 0. The molecule has 1 aliphatic rings. The number of esters is 1. The third-order valence-electron chi connectivity index (χ3n) is 4.38. The molecule has 1 aliphatic heterocycles. The highest BCUT2D eigenvalue weighted by Crippen LogP contribution is 2.31. The lowest BCUT2D eigenvalue weighted by Crippen LogP contribution is -2.29. The van der Waals surface area contributed by atoms with E-state index in [2.05, 4.69) is 29.6 Å². The minimum Gasteiger partial charge on any atom is -0.427 e. The number of benzene rings is 2. The number of aryl methyl sites for hydroxylation is 1. The summed E-state index contributed by atoms with van der Waals surface area (Å²) in [6.07, 6.45) is 1.33. The Labute approximate surface area is 141 Å². The standard InChI is InChI=1S/C20H21NO3/c1-14-7-9-15(10-8-14)17-13-19(22)21-18(17)11-12-20(23)24-16-5-3-2-4-6-16/h2-10,17-18H,11-13H2,1H3,(H,21,22). The number of ether oxygens (including phenoxy) is 1. The summed E-state index contributed by atoms with van der Waals surface area (Å²) in [6, 6.07) is 17.2. The molecule has 0 radical (unpaired) electrons. The quantitative estimate of drug-likeness (QED) is 0.678. The molecular weight excluding hydrogens is 302 g/mol. The summed E-state index contributed by atoms with van der Waals surface area (Å²) in [7, 11) is 0. The third kappa shape index (κ3) is 4.02. The number of carbonyl (C=O) groups excluding carboxylic acids is 2. The van der Waals surface area contributed by atoms with Gasteiger partial charge in [-0.25, -0.2) is 0 Å². The highest BCUT2D eigenvalue weighted by Gasteiger charge is 2.33. The molecule has 2 aromatic carbocycles. The molecule has 1 fully saturated rings. The largest absolute Gasteiger partial charge is 0.427 e. The molecule has 1 amide bonds. The maximum Gasteiger partial charge on any atom is 0.311 e. The fourth-order valence-corrected chi connectivity index (χ4v) is 3.09. The van der Waals surface area contributed by atoms with E-state index in [0.29, 0.717) is 18.6 Å². The normalized spacial score (nSPS) is 19.8. The predicted octanol–water partition coefficient (Wildman–Crippen LogP) is 3.35. The fourth-order valence-electron chi connectivity index (χ4n) is 3.09. The van der Waals surface area contributed by atoms with Gasteiger partial charge in [0.2, 0.25) is 5.91 Å². The van der Waals surface area contributed by atoms with Gasteiger partial charge in [0, 0.05) is 24.8 Å². The monoisotopic (exact) mass is 323 g/mol. The lowest BCUT2D eigenvalue weighted by atomic mass is 9.89. The molecule has 0 aliphatic carbocycles. The first-order valence-corrected chi connectivity index (χ1v) is 8.23. The molecule has 4 heteroatoms. The van der Waals surface area contributed by atoms with Crippen molar-refractivity contribution in [2.75, 3.05) is 0 Å². The van der Waals surface area contributed by atoms with Crippen LogP contribution in [0.5, 0.6) is 5.75 Å². The SMILES string of the molecule is Cc1ccc(C2CC(=O)NC2CCC(=O)Oc2ccccc2)cc1. The molecule has 3 rings (SSSR count). The van der Waals surface area contributed by atoms with Crippen molar-refractivity contribution in [3.05, 3.63) is 65.7 Å². The Kier molecular flexibility index (Phi) is 4.94. The fraction of sp³-hybridized carbons (Fsp3) is 0.300. The highest BCUT2D eigenvalue weighted by molar-refractivity contribution is 5.80. The van der Waals surface area contributed by atoms with Gasteiger partial charge in [-0.2, -0.15) is 0 Å². The van der Waals surface area contributed by atoms with E-state index in [1.54, 1.807) is 12.1 Å². The Morgan fingerprint density at radius 1 is 1.12 bits per heavy atom. The van der Waals surface area contributed by atoms with Gasteiger partial charge in [0.25, 0.3) is 0 Å². The maximum atomic E-state index is 12.0. The van der Waals surface area contributed by atoms with Crippen LogP contribution in [0.25, 0.3) is 0 Å². The Bertz CT molecular complexity index is 709. The molecule has 124 valence electrons. The van der Waals surface area contributed by atoms with Crippen molar-refractivity contribution in [2.24, 2.45) is 0 Å². The number of carbonyl (C=O) groups is 2. The third-order valence-corrected chi connectivity index (χ3v) is 4.38. The molecule has 1 heterocycles. The van der Waals surface area contributed by atoms with Crippen molar-refractivity contribution >= 4 is 11.9 Å². The molecule has 1 N–H and O–H groups in total. The van der Waals surface area contributed by atoms with Crippen LogP contribution in [-0.4, -0.2) is 17.9 Å². The van der Waals surface area contributed by atoms with Crippen LogP contribution in [0.4, 0.5) is 0 Å². The Balaban J connectivity index is 1.59. The average molecular weight is 323 g/mol. The number of nitrogens with one attached hydrogen (secondary N) is 1. The van der Waals surface area contributed by atoms with E-state index in [0.717, 1.165) is 5.56 Å². The van der Waals surface area contributed by atoms with E-state index >= 15 is 0 Å². The molecule has 24 heavy (non-hydrogen) atoms. The van der Waals surface area contributed by atoms with Crippen molar-refractivity contribution in [3.63, 3.8) is 0 Å². The number of para-hydroxylation sites is 1. The van der Waals surface area contributed by atoms with Crippen molar-refractivity contribution in [1.82, 2.24) is 5.32 Å². The van der Waals surface area contributed by atoms with Crippen LogP contribution in [0.1, 0.15) is 36.3 Å². The highest BCUT2D eigenvalue weighted by atomic mass is 16.5. The number of hydrogen-bond acceptors (Lipinski definition) is 3. The first-order chi connectivity index (χ1) is 11.6. The lowest BCUT2D eigenvalue weighted by molar-refractivity contribution is -0.134. The van der Waals surface area contributed by atoms with Gasteiger partial charge >= 0.3 is 5.97 Å². The van der Waals surface area contributed by atoms with Crippen molar-refractivity contribution in [2.45, 2.75) is 38.1 Å². The molecule has 2 aromatic rings. The van der Waals surface area contributed by atoms with Crippen LogP contribution in [0.15, 0.2) is 54.6 Å². The van der Waals surface area contributed by atoms with Crippen molar-refractivity contribution in [3.8, 4) is 5.75 Å². The second-order valence-corrected chi connectivity index (χ2v) is 6.22. The molecule has 0 aromatic heterocycles. The molecule has 0 saturated carbocycles. The molecule has 4 nitrogen and oxygen atoms in total. The zero-order valence-electron chi connectivity index (χ0n) is 13.7. The van der Waals surface area contributed by atoms with E-state index in [1.165, 1.54) is 5.56 Å². The summed E-state index contributed by atoms with van der Waals surface area (Å²) in [6.45, 7) is 2.04. The van der Waals surface area contributed by atoms with Crippen LogP contribution in [0.3, 0.4) is 0 Å². The Hall–Kier alpha value is -2.62. The summed E-state index contributed by atoms with van der Waals surface area (Å²) < 4.78 is 5.31. The summed E-state index contributed by atoms with van der Waals surface area (Å²) in [5.41, 5.74) is 2.33. The van der Waals surface area contributed by atoms with Crippen LogP contribution in [0.2, 0.25) is 0 Å². The molecule has 0 bridgehead atoms. The van der Waals surface area contributed by atoms with Gasteiger partial charge < -0.3 is 10.1 Å². The summed E-state index contributed by atoms with van der Waals surface area (Å²) in [4.78, 5) is 23.8. The van der Waals surface area contributed by atoms with E-state index in [9.17, 15) is 9.59 Å². The van der Waals surface area contributed by atoms with Crippen LogP contribution < -0.4 is 10.1 Å². The van der Waals surface area contributed by atoms with E-state index in [1.807, 2.05) is 25.1 Å². The van der Waals surface area contributed by atoms with E-state index in [-0.39, 0.29) is 30.3 Å². The van der Waals surface area contributed by atoms with Crippen LogP contribution >= 0.6 is 0 Å². The number of hydrogen-bond donors (Lipinski definition) is 1. The maximum absolute atomic E-state index is 12.0. The van der Waals surface area contributed by atoms with Gasteiger partial charge in [0.05, 0.1) is 0 Å². The first kappa shape index (κ1) is 16.2. The Morgan fingerprint density at radius 2 is 1.83 bits per heavy atom. The van der Waals surface area contributed by atoms with Crippen LogP contribution in [0, 0.1) is 6.92 Å². The lowest BCUT2D eigenvalue weighted by Gasteiger charge is -2.19. The minimum absolute atomic E-state index is 0.0245. The second-order valence-electron chi connectivity index (χ2n) is 6.22. The molecule has 2 atom stereocenters. The molecule has 0 spiro atoms. The van der Waals surface area contributed by atoms with Crippen LogP contribution in [-0.2, 0) is 9.59 Å².